The fraction of sp³-hybridized carbons (Fsp3) is 1.00. The predicted octanol–water partition coefficient (Wildman–Crippen LogP) is 2.49. The molecule has 18 heavy (non-hydrogen) atoms. The van der Waals surface area contributed by atoms with Gasteiger partial charge in [0.1, 0.15) is 0 Å². The van der Waals surface area contributed by atoms with Crippen LogP contribution in [0.1, 0.15) is 71.1 Å². The van der Waals surface area contributed by atoms with E-state index in [1.54, 1.807) is 0 Å². The zero-order chi connectivity index (χ0) is 12.1. The molecule has 0 aliphatic rings. The van der Waals surface area contributed by atoms with Crippen LogP contribution in [0, 0.1) is 0 Å². The van der Waals surface area contributed by atoms with Crippen LogP contribution in [0.25, 0.3) is 0 Å². The molecule has 3 nitrogen and oxygen atoms in total. The standard InChI is InChI=1S/C12H25O3P.Ba.Zn/c1-2-3-4-5-6-7-8-9-10-11-12-15-16(13)14;;/h2-12H2,1H3;;/q-2;2*+2. The Bertz CT molecular complexity index is 142. The third-order valence-corrected chi connectivity index (χ3v) is 3.09. The van der Waals surface area contributed by atoms with Crippen LogP contribution in [0.2, 0.25) is 0 Å². The van der Waals surface area contributed by atoms with Gasteiger partial charge in [0.2, 0.25) is 0 Å². The summed E-state index contributed by atoms with van der Waals surface area (Å²) in [7, 11) is -2.64. The van der Waals surface area contributed by atoms with E-state index in [1.165, 1.54) is 51.4 Å². The van der Waals surface area contributed by atoms with Gasteiger partial charge in [-0.3, -0.25) is 0 Å². The normalized spacial score (nSPS) is 10.0. The van der Waals surface area contributed by atoms with Crippen LogP contribution in [-0.2, 0) is 24.0 Å². The Balaban J connectivity index is -0.00000112. The minimum absolute atomic E-state index is 0. The molecule has 0 saturated carbocycles. The molecule has 0 unspecified atom stereocenters. The van der Waals surface area contributed by atoms with Gasteiger partial charge in [0.05, 0.1) is 0 Å². The van der Waals surface area contributed by atoms with Crippen LogP contribution in [0.5, 0.6) is 0 Å². The molecule has 0 saturated heterocycles. The van der Waals surface area contributed by atoms with Crippen LogP contribution < -0.4 is 9.79 Å². The van der Waals surface area contributed by atoms with Crippen molar-refractivity contribution < 1.29 is 33.8 Å². The van der Waals surface area contributed by atoms with Gasteiger partial charge in [-0.15, -0.1) is 0 Å². The second-order valence-corrected chi connectivity index (χ2v) is 4.94. The zero-order valence-corrected chi connectivity index (χ0v) is 20.2. The Morgan fingerprint density at radius 3 is 1.56 bits per heavy atom. The maximum Gasteiger partial charge on any atom is 2.00 e. The number of unbranched alkanes of at least 4 members (excludes halogenated alkanes) is 9. The number of hydrogen-bond donors (Lipinski definition) is 0. The summed E-state index contributed by atoms with van der Waals surface area (Å²) in [5.74, 6) is 0. The molecule has 0 N–H and O–H groups in total. The first-order valence-corrected chi connectivity index (χ1v) is 7.64. The van der Waals surface area contributed by atoms with Crippen molar-refractivity contribution in [1.29, 1.82) is 0 Å². The van der Waals surface area contributed by atoms with Gasteiger partial charge in [0.25, 0.3) is 0 Å². The fourth-order valence-electron chi connectivity index (χ4n) is 1.73. The van der Waals surface area contributed by atoms with E-state index in [1.807, 2.05) is 0 Å². The van der Waals surface area contributed by atoms with Crippen LogP contribution >= 0.6 is 8.60 Å². The van der Waals surface area contributed by atoms with Crippen molar-refractivity contribution in [3.63, 3.8) is 0 Å². The van der Waals surface area contributed by atoms with Crippen LogP contribution in [0.15, 0.2) is 0 Å². The quantitative estimate of drug-likeness (QED) is 0.261. The van der Waals surface area contributed by atoms with E-state index >= 15 is 0 Å². The Labute approximate surface area is 167 Å². The average Bonchev–Trinajstić information content (AvgIpc) is 2.25. The third kappa shape index (κ3) is 23.6. The Kier molecular flexibility index (Phi) is 30.8. The minimum Gasteiger partial charge on any atom is -0.820 e. The van der Waals surface area contributed by atoms with Gasteiger partial charge in [-0.1, -0.05) is 64.7 Å². The summed E-state index contributed by atoms with van der Waals surface area (Å²) >= 11 is 0. The smallest absolute Gasteiger partial charge is 0.820 e. The van der Waals surface area contributed by atoms with Crippen LogP contribution in [0.3, 0.4) is 0 Å². The van der Waals surface area contributed by atoms with Gasteiger partial charge in [-0.2, -0.15) is 8.60 Å². The van der Waals surface area contributed by atoms with Crippen molar-refractivity contribution in [2.45, 2.75) is 71.1 Å². The molecule has 0 aromatic rings. The molecule has 0 rings (SSSR count). The molecular formula is C12H25BaO3PZn+2. The SMILES string of the molecule is CCCCCCCCCCCCOP([O-])[O-].[Ba+2].[Zn+2]. The molecule has 0 aliphatic heterocycles. The molecule has 6 heteroatoms. The van der Waals surface area contributed by atoms with E-state index in [-0.39, 0.29) is 68.4 Å². The summed E-state index contributed by atoms with van der Waals surface area (Å²) < 4.78 is 4.47. The van der Waals surface area contributed by atoms with E-state index in [0.29, 0.717) is 6.61 Å². The van der Waals surface area contributed by atoms with Gasteiger partial charge >= 0.3 is 68.4 Å². The van der Waals surface area contributed by atoms with Gasteiger partial charge in [-0.25, -0.2) is 0 Å². The van der Waals surface area contributed by atoms with E-state index in [2.05, 4.69) is 11.4 Å². The molecule has 0 radical (unpaired) electrons. The number of rotatable bonds is 12. The predicted molar refractivity (Wildman–Crippen MR) is 70.5 cm³/mol. The van der Waals surface area contributed by atoms with Gasteiger partial charge in [0.15, 0.2) is 0 Å². The largest absolute Gasteiger partial charge is 2.00 e. The average molecular weight is 451 g/mol. The summed E-state index contributed by atoms with van der Waals surface area (Å²) in [4.78, 5) is 20.1. The summed E-state index contributed by atoms with van der Waals surface area (Å²) in [5, 5.41) is 0. The van der Waals surface area contributed by atoms with Crippen molar-refractivity contribution in [1.82, 2.24) is 0 Å². The van der Waals surface area contributed by atoms with E-state index in [4.69, 9.17) is 0 Å². The molecule has 0 spiro atoms. The maximum atomic E-state index is 10.1. The number of hydrogen-bond acceptors (Lipinski definition) is 3. The molecule has 0 bridgehead atoms. The van der Waals surface area contributed by atoms with Crippen molar-refractivity contribution in [2.75, 3.05) is 6.61 Å². The van der Waals surface area contributed by atoms with Crippen molar-refractivity contribution in [3.05, 3.63) is 0 Å². The topological polar surface area (TPSA) is 55.3 Å². The summed E-state index contributed by atoms with van der Waals surface area (Å²) in [5.41, 5.74) is 0. The molecule has 0 heterocycles. The Morgan fingerprint density at radius 2 is 1.17 bits per heavy atom. The fourth-order valence-corrected chi connectivity index (χ4v) is 2.01. The molecule has 0 atom stereocenters. The van der Waals surface area contributed by atoms with Crippen molar-refractivity contribution in [2.24, 2.45) is 0 Å². The zero-order valence-electron chi connectivity index (χ0n) is 11.9. The summed E-state index contributed by atoms with van der Waals surface area (Å²) in [6.07, 6.45) is 12.5. The second-order valence-electron chi connectivity index (χ2n) is 4.24. The van der Waals surface area contributed by atoms with Crippen molar-refractivity contribution in [3.8, 4) is 0 Å². The van der Waals surface area contributed by atoms with Crippen LogP contribution in [-0.4, -0.2) is 55.5 Å². The third-order valence-electron chi connectivity index (χ3n) is 2.69. The molecule has 0 amide bonds. The first-order chi connectivity index (χ1) is 7.77. The van der Waals surface area contributed by atoms with Gasteiger partial charge in [0, 0.05) is 6.61 Å². The Hall–Kier alpha value is 2.50. The van der Waals surface area contributed by atoms with E-state index in [0.717, 1.165) is 12.8 Å². The van der Waals surface area contributed by atoms with E-state index < -0.39 is 8.60 Å². The second kappa shape index (κ2) is 21.8. The molecule has 0 aromatic carbocycles. The first kappa shape index (κ1) is 25.5. The molecule has 98 valence electrons. The summed E-state index contributed by atoms with van der Waals surface area (Å²) in [6, 6.07) is 0. The summed E-state index contributed by atoms with van der Waals surface area (Å²) in [6.45, 7) is 2.59. The monoisotopic (exact) mass is 450 g/mol. The first-order valence-electron chi connectivity index (χ1n) is 6.54. The molecular weight excluding hydrogens is 426 g/mol. The minimum atomic E-state index is -2.64. The maximum absolute atomic E-state index is 10.1. The molecule has 0 aromatic heterocycles. The van der Waals surface area contributed by atoms with Gasteiger partial charge in [-0.05, 0) is 6.42 Å². The van der Waals surface area contributed by atoms with E-state index in [9.17, 15) is 9.79 Å². The molecule has 0 fully saturated rings. The van der Waals surface area contributed by atoms with Gasteiger partial charge < -0.3 is 14.3 Å². The van der Waals surface area contributed by atoms with Crippen molar-refractivity contribution >= 4 is 57.5 Å². The van der Waals surface area contributed by atoms with Crippen LogP contribution in [0.4, 0.5) is 0 Å². The molecule has 0 aliphatic carbocycles. The Morgan fingerprint density at radius 1 is 0.778 bits per heavy atom.